The van der Waals surface area contributed by atoms with Gasteiger partial charge in [-0.25, -0.2) is 4.98 Å². The molecule has 8 nitrogen and oxygen atoms in total. The third-order valence-electron chi connectivity index (χ3n) is 7.48. The van der Waals surface area contributed by atoms with Gasteiger partial charge in [-0.15, -0.1) is 0 Å². The van der Waals surface area contributed by atoms with E-state index < -0.39 is 0 Å². The largest absolute Gasteiger partial charge is 0.353 e. The summed E-state index contributed by atoms with van der Waals surface area (Å²) in [6, 6.07) is 26.0. The molecule has 41 heavy (non-hydrogen) atoms. The van der Waals surface area contributed by atoms with Gasteiger partial charge in [-0.05, 0) is 58.1 Å². The maximum Gasteiger partial charge on any atom is 0.228 e. The Balaban J connectivity index is 1.09. The zero-order valence-electron chi connectivity index (χ0n) is 22.9. The van der Waals surface area contributed by atoms with E-state index in [1.165, 1.54) is 5.56 Å². The maximum absolute atomic E-state index is 12.5. The fourth-order valence-corrected chi connectivity index (χ4v) is 5.15. The topological polar surface area (TPSA) is 100 Å². The monoisotopic (exact) mass is 543 g/mol. The average Bonchev–Trinajstić information content (AvgIpc) is 3.02. The molecule has 1 saturated heterocycles. The van der Waals surface area contributed by atoms with Crippen molar-refractivity contribution < 1.29 is 4.79 Å². The lowest BCUT2D eigenvalue weighted by atomic mass is 10.0. The fraction of sp³-hybridized carbons (Fsp3) is 0.212. The van der Waals surface area contributed by atoms with Crippen molar-refractivity contribution in [2.75, 3.05) is 36.4 Å². The molecule has 1 aliphatic heterocycles. The zero-order chi connectivity index (χ0) is 28.0. The Labute approximate surface area is 239 Å². The number of hydrogen-bond donors (Lipinski definition) is 2. The van der Waals surface area contributed by atoms with Crippen LogP contribution in [0.4, 0.5) is 11.5 Å². The lowest BCUT2D eigenvalue weighted by Crippen LogP contribution is -2.46. The lowest BCUT2D eigenvalue weighted by Gasteiger charge is -2.35. The Morgan fingerprint density at radius 1 is 0.805 bits per heavy atom. The minimum atomic E-state index is -0.0512. The van der Waals surface area contributed by atoms with E-state index in [-0.39, 0.29) is 5.91 Å². The van der Waals surface area contributed by atoms with E-state index in [1.807, 2.05) is 79.3 Å². The lowest BCUT2D eigenvalue weighted by molar-refractivity contribution is -0.115. The van der Waals surface area contributed by atoms with Crippen molar-refractivity contribution in [3.05, 3.63) is 114 Å². The molecule has 0 bridgehead atoms. The third kappa shape index (κ3) is 6.57. The minimum Gasteiger partial charge on any atom is -0.353 e. The van der Waals surface area contributed by atoms with Crippen LogP contribution < -0.4 is 16.0 Å². The Morgan fingerprint density at radius 3 is 2.29 bits per heavy atom. The molecule has 0 radical (unpaired) electrons. The number of carbonyl (C=O) groups excluding carboxylic acids is 1. The molecule has 0 spiro atoms. The van der Waals surface area contributed by atoms with E-state index in [9.17, 15) is 4.79 Å². The molecule has 3 aromatic carbocycles. The second kappa shape index (κ2) is 12.2. The summed E-state index contributed by atoms with van der Waals surface area (Å²) in [4.78, 5) is 31.2. The van der Waals surface area contributed by atoms with E-state index in [2.05, 4.69) is 43.3 Å². The van der Waals surface area contributed by atoms with Crippen LogP contribution in [0.5, 0.6) is 0 Å². The van der Waals surface area contributed by atoms with Crippen LogP contribution in [0.15, 0.2) is 97.5 Å². The van der Waals surface area contributed by atoms with Gasteiger partial charge in [0.2, 0.25) is 5.91 Å². The van der Waals surface area contributed by atoms with E-state index in [0.29, 0.717) is 13.0 Å². The van der Waals surface area contributed by atoms with Gasteiger partial charge < -0.3 is 16.0 Å². The average molecular weight is 544 g/mol. The first kappa shape index (κ1) is 26.6. The molecule has 206 valence electrons. The van der Waals surface area contributed by atoms with Crippen LogP contribution >= 0.6 is 0 Å². The van der Waals surface area contributed by atoms with Crippen LogP contribution in [0.2, 0.25) is 0 Å². The molecule has 5 aromatic rings. The second-order valence-corrected chi connectivity index (χ2v) is 10.4. The van der Waals surface area contributed by atoms with Crippen molar-refractivity contribution in [2.45, 2.75) is 19.5 Å². The number of benzene rings is 3. The molecule has 2 aromatic heterocycles. The van der Waals surface area contributed by atoms with Gasteiger partial charge in [-0.2, -0.15) is 0 Å². The van der Waals surface area contributed by atoms with Crippen LogP contribution in [0.25, 0.3) is 22.2 Å². The first-order valence-corrected chi connectivity index (χ1v) is 13.9. The predicted molar refractivity (Wildman–Crippen MR) is 163 cm³/mol. The number of piperazine rings is 1. The molecular weight excluding hydrogens is 510 g/mol. The van der Waals surface area contributed by atoms with Gasteiger partial charge >= 0.3 is 0 Å². The first-order chi connectivity index (χ1) is 20.1. The Bertz CT molecular complexity index is 1610. The molecule has 0 atom stereocenters. The summed E-state index contributed by atoms with van der Waals surface area (Å²) in [5.41, 5.74) is 13.5. The summed E-state index contributed by atoms with van der Waals surface area (Å²) in [5.74, 6) is 0.857. The number of anilines is 2. The van der Waals surface area contributed by atoms with Crippen LogP contribution in [0.3, 0.4) is 0 Å². The number of rotatable bonds is 8. The molecule has 1 amide bonds. The molecular formula is C33H33N7O. The number of nitrogens with one attached hydrogen (secondary N) is 1. The van der Waals surface area contributed by atoms with Crippen molar-refractivity contribution in [1.29, 1.82) is 0 Å². The normalized spacial score (nSPS) is 13.8. The highest BCUT2D eigenvalue weighted by atomic mass is 16.1. The number of hydrogen-bond acceptors (Lipinski definition) is 7. The zero-order valence-corrected chi connectivity index (χ0v) is 22.9. The fourth-order valence-electron chi connectivity index (χ4n) is 5.15. The van der Waals surface area contributed by atoms with E-state index in [0.717, 1.165) is 77.5 Å². The van der Waals surface area contributed by atoms with E-state index >= 15 is 0 Å². The SMILES string of the molecule is NCc1ccc(CC(=O)Nc2ccc(-c3ccc4ncc(N5CCN(Cc6cccnc6)CC5)nc4c3)cc2)cc1. The highest BCUT2D eigenvalue weighted by Crippen LogP contribution is 2.26. The Morgan fingerprint density at radius 2 is 1.56 bits per heavy atom. The van der Waals surface area contributed by atoms with Gasteiger partial charge in [0.1, 0.15) is 5.82 Å². The highest BCUT2D eigenvalue weighted by Gasteiger charge is 2.19. The molecule has 1 fully saturated rings. The molecule has 3 N–H and O–H groups in total. The molecule has 0 unspecified atom stereocenters. The van der Waals surface area contributed by atoms with Gasteiger partial charge in [0.25, 0.3) is 0 Å². The summed E-state index contributed by atoms with van der Waals surface area (Å²) in [5, 5.41) is 2.99. The summed E-state index contributed by atoms with van der Waals surface area (Å²) in [6.45, 7) is 5.17. The minimum absolute atomic E-state index is 0.0512. The van der Waals surface area contributed by atoms with Gasteiger partial charge in [0.15, 0.2) is 0 Å². The summed E-state index contributed by atoms with van der Waals surface area (Å²) in [6.07, 6.45) is 5.94. The van der Waals surface area contributed by atoms with Crippen LogP contribution in [-0.2, 0) is 24.3 Å². The number of fused-ring (bicyclic) bond motifs is 1. The van der Waals surface area contributed by atoms with E-state index in [4.69, 9.17) is 10.7 Å². The number of nitrogens with two attached hydrogens (primary N) is 1. The van der Waals surface area contributed by atoms with Crippen molar-refractivity contribution in [2.24, 2.45) is 5.73 Å². The molecule has 1 aliphatic rings. The van der Waals surface area contributed by atoms with Crippen molar-refractivity contribution in [3.8, 4) is 11.1 Å². The first-order valence-electron chi connectivity index (χ1n) is 13.9. The van der Waals surface area contributed by atoms with Gasteiger partial charge in [-0.1, -0.05) is 48.5 Å². The quantitative estimate of drug-likeness (QED) is 0.294. The van der Waals surface area contributed by atoms with Crippen molar-refractivity contribution in [3.63, 3.8) is 0 Å². The highest BCUT2D eigenvalue weighted by molar-refractivity contribution is 5.92. The second-order valence-electron chi connectivity index (χ2n) is 10.4. The standard InChI is InChI=1S/C33H33N7O/c34-20-25-5-3-24(4-6-25)18-33(41)37-29-10-7-27(8-11-29)28-9-12-30-31(19-28)38-32(22-36-30)40-16-14-39(15-17-40)23-26-2-1-13-35-21-26/h1-13,19,21-22H,14-18,20,23,34H2,(H,37,41). The maximum atomic E-state index is 12.5. The molecule has 0 saturated carbocycles. The van der Waals surface area contributed by atoms with Crippen molar-refractivity contribution >= 4 is 28.4 Å². The third-order valence-corrected chi connectivity index (χ3v) is 7.48. The molecule has 8 heteroatoms. The van der Waals surface area contributed by atoms with Crippen LogP contribution in [0.1, 0.15) is 16.7 Å². The van der Waals surface area contributed by atoms with Crippen molar-refractivity contribution in [1.82, 2.24) is 19.9 Å². The van der Waals surface area contributed by atoms with Crippen LogP contribution in [-0.4, -0.2) is 51.9 Å². The van der Waals surface area contributed by atoms with Gasteiger partial charge in [-0.3, -0.25) is 19.7 Å². The number of aromatic nitrogens is 3. The van der Waals surface area contributed by atoms with Gasteiger partial charge in [0, 0.05) is 57.3 Å². The summed E-state index contributed by atoms with van der Waals surface area (Å²) < 4.78 is 0. The molecule has 6 rings (SSSR count). The number of nitrogens with zero attached hydrogens (tertiary/aromatic N) is 5. The van der Waals surface area contributed by atoms with Gasteiger partial charge in [0.05, 0.1) is 23.7 Å². The Hall–Kier alpha value is -4.66. The number of carbonyl (C=O) groups is 1. The predicted octanol–water partition coefficient (Wildman–Crippen LogP) is 4.65. The Kier molecular flexibility index (Phi) is 7.93. The number of amides is 1. The van der Waals surface area contributed by atoms with E-state index in [1.54, 1.807) is 0 Å². The summed E-state index contributed by atoms with van der Waals surface area (Å²) >= 11 is 0. The van der Waals surface area contributed by atoms with Crippen LogP contribution in [0, 0.1) is 0 Å². The summed E-state index contributed by atoms with van der Waals surface area (Å²) in [7, 11) is 0. The molecule has 0 aliphatic carbocycles. The molecule has 3 heterocycles. The smallest absolute Gasteiger partial charge is 0.228 e. The number of pyridine rings is 1.